The Hall–Kier alpha value is -7.32. The van der Waals surface area contributed by atoms with Crippen molar-refractivity contribution in [3.8, 4) is 5.75 Å². The smallest absolute Gasteiger partial charge is 0.303 e. The molecule has 0 aliphatic carbocycles. The highest BCUT2D eigenvalue weighted by atomic mass is 32.1. The molecule has 8 N–H and O–H groups in total. The van der Waals surface area contributed by atoms with E-state index in [4.69, 9.17) is 9.47 Å². The highest BCUT2D eigenvalue weighted by Crippen LogP contribution is 2.32. The monoisotopic (exact) mass is 1150 g/mol. The van der Waals surface area contributed by atoms with Crippen molar-refractivity contribution in [3.05, 3.63) is 52.0 Å². The van der Waals surface area contributed by atoms with Gasteiger partial charge in [-0.3, -0.25) is 62.5 Å². The summed E-state index contributed by atoms with van der Waals surface area (Å²) in [4.78, 5) is 149. The number of likely N-dealkylation sites (N-methyl/N-ethyl adjacent to an activating group) is 2. The second-order valence-electron chi connectivity index (χ2n) is 21.1. The van der Waals surface area contributed by atoms with Gasteiger partial charge in [-0.2, -0.15) is 0 Å². The summed E-state index contributed by atoms with van der Waals surface area (Å²) >= 11 is 1.06. The van der Waals surface area contributed by atoms with Gasteiger partial charge in [0.15, 0.2) is 6.10 Å². The lowest BCUT2D eigenvalue weighted by molar-refractivity contribution is -0.149. The van der Waals surface area contributed by atoms with Crippen molar-refractivity contribution in [1.29, 1.82) is 0 Å². The number of nitrogens with zero attached hydrogens (tertiary/aromatic N) is 4. The molecule has 0 saturated heterocycles. The molecule has 2 heterocycles. The molecule has 0 fully saturated rings. The lowest BCUT2D eigenvalue weighted by Gasteiger charge is -2.38. The van der Waals surface area contributed by atoms with E-state index in [1.807, 2.05) is 27.7 Å². The van der Waals surface area contributed by atoms with Crippen LogP contribution in [-0.2, 0) is 63.8 Å². The van der Waals surface area contributed by atoms with Crippen molar-refractivity contribution in [2.45, 2.75) is 156 Å². The SMILES string of the molecule is CC[C@H](C)[C@H](NC(=O)C(C)(C)N(C)C)C(=O)N(C)[C@H](C[C@@H](OC(C)=O)c1nc(C(=O)N[C@H](CCC(=O)O)Cc2ccc(O)c(NC(=O)[C@H](C)NC(=O)[C@H](C)NC(=O)CCOCCNC(=O)CCCN3C(=O)C=CC3=O)c2)cs1)C(C)C. The molecule has 0 spiro atoms. The maximum Gasteiger partial charge on any atom is 0.303 e. The molecule has 0 bridgehead atoms. The standard InChI is InChI=1S/C55H82N10O15S/c1-13-32(4)48(62-54(78)55(8,9)63(10)11)53(77)64(12)40(31(2)3)29-42(80-35(7)66)52-61-39(30-81-52)51(76)59-37(17-21-47(72)73)27-36-16-18-41(67)38(28-36)60-50(75)34(6)58-49(74)33(5)57-44(69)22-25-79-26-23-56-43(68)15-14-24-65-45(70)19-20-46(65)71/h16,18-20,28,30-34,37,40,42,48,67H,13-15,17,21-27,29H2,1-12H3,(H,56,68)(H,57,69)(H,58,74)(H,59,76)(H,60,75)(H,62,78)(H,72,73)/t32-,33-,34-,37+,40+,42+,48-/m0/s1. The number of nitrogens with one attached hydrogen (secondary N) is 6. The van der Waals surface area contributed by atoms with Crippen LogP contribution in [0, 0.1) is 11.8 Å². The van der Waals surface area contributed by atoms with E-state index in [0.29, 0.717) is 18.4 Å². The van der Waals surface area contributed by atoms with Gasteiger partial charge in [-0.15, -0.1) is 11.3 Å². The number of ether oxygens (including phenoxy) is 2. The summed E-state index contributed by atoms with van der Waals surface area (Å²) in [5.74, 6) is -6.83. The number of esters is 1. The number of phenols is 1. The van der Waals surface area contributed by atoms with Crippen LogP contribution < -0.4 is 31.9 Å². The molecular weight excluding hydrogens is 1070 g/mol. The van der Waals surface area contributed by atoms with Crippen molar-refractivity contribution in [2.24, 2.45) is 11.8 Å². The third-order valence-corrected chi connectivity index (χ3v) is 14.9. The molecule has 0 unspecified atom stereocenters. The van der Waals surface area contributed by atoms with Gasteiger partial charge in [-0.1, -0.05) is 40.2 Å². The maximum absolute atomic E-state index is 14.3. The van der Waals surface area contributed by atoms with E-state index in [1.54, 1.807) is 44.8 Å². The van der Waals surface area contributed by atoms with Crippen LogP contribution in [0.1, 0.15) is 134 Å². The van der Waals surface area contributed by atoms with Crippen molar-refractivity contribution in [3.63, 3.8) is 0 Å². The molecule has 25 nitrogen and oxygen atoms in total. The molecular formula is C55H82N10O15S. The highest BCUT2D eigenvalue weighted by molar-refractivity contribution is 7.09. The molecule has 2 aromatic rings. The fourth-order valence-electron chi connectivity index (χ4n) is 8.19. The Morgan fingerprint density at radius 1 is 0.840 bits per heavy atom. The number of rotatable bonds is 34. The van der Waals surface area contributed by atoms with Gasteiger partial charge in [0.2, 0.25) is 35.4 Å². The highest BCUT2D eigenvalue weighted by Gasteiger charge is 2.39. The Morgan fingerprint density at radius 2 is 1.49 bits per heavy atom. The summed E-state index contributed by atoms with van der Waals surface area (Å²) in [5, 5.41) is 38.1. The number of benzene rings is 1. The van der Waals surface area contributed by atoms with E-state index in [1.165, 1.54) is 56.5 Å². The molecule has 1 aliphatic rings. The van der Waals surface area contributed by atoms with E-state index in [9.17, 15) is 63.0 Å². The number of phenolic OH excluding ortho intramolecular Hbond substituents is 1. The summed E-state index contributed by atoms with van der Waals surface area (Å²) in [6.07, 6.45) is 2.01. The van der Waals surface area contributed by atoms with Gasteiger partial charge in [-0.25, -0.2) is 4.98 Å². The van der Waals surface area contributed by atoms with Crippen molar-refractivity contribution in [2.75, 3.05) is 52.8 Å². The van der Waals surface area contributed by atoms with E-state index < -0.39 is 89.2 Å². The number of aliphatic carboxylic acids is 1. The van der Waals surface area contributed by atoms with Crippen LogP contribution >= 0.6 is 11.3 Å². The van der Waals surface area contributed by atoms with Gasteiger partial charge >= 0.3 is 11.9 Å². The van der Waals surface area contributed by atoms with Crippen molar-refractivity contribution in [1.82, 2.24) is 46.3 Å². The predicted molar refractivity (Wildman–Crippen MR) is 299 cm³/mol. The lowest BCUT2D eigenvalue weighted by Crippen LogP contribution is -2.60. The number of anilines is 1. The molecule has 9 amide bonds. The first-order valence-electron chi connectivity index (χ1n) is 27.0. The number of hydrogen-bond acceptors (Lipinski definition) is 17. The third-order valence-electron chi connectivity index (χ3n) is 13.9. The minimum Gasteiger partial charge on any atom is -0.506 e. The van der Waals surface area contributed by atoms with Crippen LogP contribution in [0.4, 0.5) is 5.69 Å². The molecule has 1 aliphatic heterocycles. The summed E-state index contributed by atoms with van der Waals surface area (Å²) < 4.78 is 11.2. The Morgan fingerprint density at radius 3 is 2.10 bits per heavy atom. The molecule has 7 atom stereocenters. The van der Waals surface area contributed by atoms with Gasteiger partial charge in [0.1, 0.15) is 34.6 Å². The van der Waals surface area contributed by atoms with Crippen LogP contribution in [0.25, 0.3) is 0 Å². The molecule has 1 aromatic carbocycles. The second-order valence-corrected chi connectivity index (χ2v) is 22.0. The molecule has 448 valence electrons. The van der Waals surface area contributed by atoms with E-state index >= 15 is 0 Å². The molecule has 0 radical (unpaired) electrons. The van der Waals surface area contributed by atoms with E-state index in [0.717, 1.165) is 16.2 Å². The van der Waals surface area contributed by atoms with Crippen LogP contribution in [0.15, 0.2) is 35.7 Å². The first-order chi connectivity index (χ1) is 38.0. The Balaban J connectivity index is 1.61. The van der Waals surface area contributed by atoms with Crippen molar-refractivity contribution >= 4 is 82.1 Å². The zero-order valence-corrected chi connectivity index (χ0v) is 49.3. The maximum atomic E-state index is 14.3. The number of hydrogen-bond donors (Lipinski definition) is 8. The minimum absolute atomic E-state index is 0.0201. The van der Waals surface area contributed by atoms with Gasteiger partial charge in [0, 0.05) is 82.4 Å². The fraction of sp³-hybridized carbons (Fsp3) is 0.600. The molecule has 0 saturated carbocycles. The normalized spacial score (nSPS) is 15.0. The summed E-state index contributed by atoms with van der Waals surface area (Å²) in [6.45, 7) is 15.6. The number of carboxylic acids is 1. The number of aromatic hydroxyl groups is 1. The van der Waals surface area contributed by atoms with Crippen LogP contribution in [-0.4, -0.2) is 178 Å². The summed E-state index contributed by atoms with van der Waals surface area (Å²) in [7, 11) is 5.20. The fourth-order valence-corrected chi connectivity index (χ4v) is 9.03. The Labute approximate surface area is 477 Å². The number of carboxylic acid groups (broad SMARTS) is 1. The topological polar surface area (TPSA) is 341 Å². The number of amides is 9. The van der Waals surface area contributed by atoms with Gasteiger partial charge in [0.25, 0.3) is 17.7 Å². The summed E-state index contributed by atoms with van der Waals surface area (Å²) in [6, 6.07) is -0.136. The average molecular weight is 1160 g/mol. The molecule has 26 heteroatoms. The van der Waals surface area contributed by atoms with E-state index in [2.05, 4.69) is 36.9 Å². The Kier molecular flexibility index (Phi) is 27.0. The predicted octanol–water partition coefficient (Wildman–Crippen LogP) is 2.58. The number of aromatic nitrogens is 1. The van der Waals surface area contributed by atoms with Gasteiger partial charge in [0.05, 0.1) is 24.4 Å². The largest absolute Gasteiger partial charge is 0.506 e. The molecule has 3 rings (SSSR count). The van der Waals surface area contributed by atoms with Crippen LogP contribution in [0.5, 0.6) is 5.75 Å². The zero-order chi connectivity index (χ0) is 60.9. The third kappa shape index (κ3) is 21.6. The number of carbonyl (C=O) groups excluding carboxylic acids is 10. The number of thiazole rings is 1. The van der Waals surface area contributed by atoms with Crippen molar-refractivity contribution < 1.29 is 72.4 Å². The van der Waals surface area contributed by atoms with Gasteiger partial charge < -0.3 is 56.5 Å². The van der Waals surface area contributed by atoms with Crippen LogP contribution in [0.2, 0.25) is 0 Å². The molecule has 1 aromatic heterocycles. The molecule has 81 heavy (non-hydrogen) atoms. The average Bonchev–Trinajstić information content (AvgIpc) is 4.08. The number of carbonyl (C=O) groups is 11. The van der Waals surface area contributed by atoms with E-state index in [-0.39, 0.29) is 117 Å². The van der Waals surface area contributed by atoms with Gasteiger partial charge in [-0.05, 0) is 90.6 Å². The lowest BCUT2D eigenvalue weighted by atomic mass is 9.92. The zero-order valence-electron chi connectivity index (χ0n) is 48.5. The second kappa shape index (κ2) is 32.2. The van der Waals surface area contributed by atoms with Crippen LogP contribution in [0.3, 0.4) is 0 Å². The quantitative estimate of drug-likeness (QED) is 0.0216. The Bertz CT molecular complexity index is 2590. The minimum atomic E-state index is -1.16. The first-order valence-corrected chi connectivity index (χ1v) is 27.9. The summed E-state index contributed by atoms with van der Waals surface area (Å²) in [5.41, 5.74) is -0.523. The number of imide groups is 1. The first kappa shape index (κ1) is 68.0.